The Bertz CT molecular complexity index is 702. The molecular formula is C23H32O4. The summed E-state index contributed by atoms with van der Waals surface area (Å²) >= 11 is 0. The summed E-state index contributed by atoms with van der Waals surface area (Å²) < 4.78 is 5.46. The van der Waals surface area contributed by atoms with Crippen molar-refractivity contribution in [2.75, 3.05) is 6.61 Å². The molecule has 2 N–H and O–H groups in total. The van der Waals surface area contributed by atoms with Crippen molar-refractivity contribution >= 4 is 5.97 Å². The average molecular weight is 373 g/mol. The van der Waals surface area contributed by atoms with Crippen LogP contribution in [-0.4, -0.2) is 22.8 Å². The van der Waals surface area contributed by atoms with Crippen LogP contribution in [0.15, 0.2) is 48.5 Å². The summed E-state index contributed by atoms with van der Waals surface area (Å²) in [5.74, 6) is -0.0874. The Morgan fingerprint density at radius 3 is 2.15 bits per heavy atom. The molecular weight excluding hydrogens is 340 g/mol. The van der Waals surface area contributed by atoms with Gasteiger partial charge in [0.25, 0.3) is 0 Å². The van der Waals surface area contributed by atoms with E-state index in [4.69, 9.17) is 9.84 Å². The van der Waals surface area contributed by atoms with E-state index in [0.717, 1.165) is 18.4 Å². The first-order valence-electron chi connectivity index (χ1n) is 9.51. The smallest absolute Gasteiger partial charge is 0.339 e. The molecule has 0 spiro atoms. The molecule has 0 amide bonds. The number of carboxylic acids is 1. The van der Waals surface area contributed by atoms with E-state index in [0.29, 0.717) is 18.1 Å². The minimum atomic E-state index is -0.941. The van der Waals surface area contributed by atoms with Gasteiger partial charge in [-0.25, -0.2) is 4.79 Å². The van der Waals surface area contributed by atoms with Crippen LogP contribution in [0.4, 0.5) is 0 Å². The van der Waals surface area contributed by atoms with Gasteiger partial charge in [0.2, 0.25) is 0 Å². The number of carbonyl (C=O) groups is 1. The van der Waals surface area contributed by atoms with Crippen LogP contribution < -0.4 is 4.74 Å². The molecule has 2 aromatic rings. The lowest BCUT2D eigenvalue weighted by Crippen LogP contribution is -2.10. The monoisotopic (exact) mass is 372 g/mol. The molecule has 2 aromatic carbocycles. The number of ether oxygens (including phenoxy) is 1. The number of phenols is 1. The van der Waals surface area contributed by atoms with Crippen molar-refractivity contribution < 1.29 is 19.7 Å². The van der Waals surface area contributed by atoms with Crippen LogP contribution in [0.2, 0.25) is 0 Å². The van der Waals surface area contributed by atoms with Gasteiger partial charge in [0.15, 0.2) is 0 Å². The Kier molecular flexibility index (Phi) is 9.41. The predicted octanol–water partition coefficient (Wildman–Crippen LogP) is 6.03. The molecule has 0 radical (unpaired) electrons. The van der Waals surface area contributed by atoms with Gasteiger partial charge in [0, 0.05) is 0 Å². The molecule has 27 heavy (non-hydrogen) atoms. The normalized spacial score (nSPS) is 10.7. The van der Waals surface area contributed by atoms with Gasteiger partial charge in [-0.15, -0.1) is 0 Å². The van der Waals surface area contributed by atoms with Crippen LogP contribution in [-0.2, 0) is 5.41 Å². The van der Waals surface area contributed by atoms with Crippen molar-refractivity contribution in [3.05, 3.63) is 59.7 Å². The highest BCUT2D eigenvalue weighted by molar-refractivity contribution is 5.90. The Morgan fingerprint density at radius 2 is 1.59 bits per heavy atom. The van der Waals surface area contributed by atoms with Crippen LogP contribution in [0.25, 0.3) is 0 Å². The topological polar surface area (TPSA) is 66.8 Å². The molecule has 0 aliphatic rings. The zero-order valence-electron chi connectivity index (χ0n) is 16.9. The highest BCUT2D eigenvalue weighted by Gasteiger charge is 2.16. The number of hydrogen-bond donors (Lipinski definition) is 2. The minimum absolute atomic E-state index is 0.0331. The standard InChI is InChI=1S/C13H18O3.C10H14O/c1-2-3-4-7-10-16-12-9-6-5-8-11(12)13(14)15;1-10(2,3)8-6-4-5-7-9(8)11/h5-6,8-9H,2-4,7,10H2,1H3,(H,14,15);4-7,11H,1-3H3. The second kappa shape index (κ2) is 11.3. The third kappa shape index (κ3) is 8.16. The fourth-order valence-electron chi connectivity index (χ4n) is 2.59. The summed E-state index contributed by atoms with van der Waals surface area (Å²) in [5, 5.41) is 18.4. The molecule has 0 saturated heterocycles. The van der Waals surface area contributed by atoms with E-state index >= 15 is 0 Å². The van der Waals surface area contributed by atoms with E-state index < -0.39 is 5.97 Å². The minimum Gasteiger partial charge on any atom is -0.508 e. The molecule has 0 atom stereocenters. The third-order valence-corrected chi connectivity index (χ3v) is 4.08. The van der Waals surface area contributed by atoms with Crippen LogP contribution in [0.5, 0.6) is 11.5 Å². The Balaban J connectivity index is 0.000000289. The summed E-state index contributed by atoms with van der Waals surface area (Å²) in [6, 6.07) is 14.2. The number of phenolic OH excluding ortho intramolecular Hbond substituents is 1. The number of unbranched alkanes of at least 4 members (excludes halogenated alkanes) is 3. The van der Waals surface area contributed by atoms with Gasteiger partial charge in [-0.2, -0.15) is 0 Å². The number of para-hydroxylation sites is 2. The molecule has 0 aliphatic heterocycles. The Morgan fingerprint density at radius 1 is 0.963 bits per heavy atom. The molecule has 0 fully saturated rings. The first-order chi connectivity index (χ1) is 12.8. The average Bonchev–Trinajstić information content (AvgIpc) is 2.62. The summed E-state index contributed by atoms with van der Waals surface area (Å²) in [6.07, 6.45) is 4.49. The first kappa shape index (κ1) is 22.6. The van der Waals surface area contributed by atoms with E-state index in [2.05, 4.69) is 27.7 Å². The summed E-state index contributed by atoms with van der Waals surface area (Å²) in [4.78, 5) is 10.9. The second-order valence-corrected chi connectivity index (χ2v) is 7.48. The molecule has 0 saturated carbocycles. The maximum atomic E-state index is 10.9. The van der Waals surface area contributed by atoms with Crippen molar-refractivity contribution in [2.24, 2.45) is 0 Å². The molecule has 148 valence electrons. The van der Waals surface area contributed by atoms with Crippen LogP contribution in [0.1, 0.15) is 69.3 Å². The van der Waals surface area contributed by atoms with Crippen LogP contribution in [0, 0.1) is 0 Å². The summed E-state index contributed by atoms with van der Waals surface area (Å²) in [5.41, 5.74) is 1.27. The van der Waals surface area contributed by atoms with Gasteiger partial charge in [-0.1, -0.05) is 77.3 Å². The lowest BCUT2D eigenvalue weighted by atomic mass is 9.86. The predicted molar refractivity (Wildman–Crippen MR) is 110 cm³/mol. The Labute approximate surface area is 162 Å². The van der Waals surface area contributed by atoms with Crippen molar-refractivity contribution in [3.8, 4) is 11.5 Å². The van der Waals surface area contributed by atoms with E-state index in [1.807, 2.05) is 18.2 Å². The van der Waals surface area contributed by atoms with E-state index in [1.54, 1.807) is 30.3 Å². The third-order valence-electron chi connectivity index (χ3n) is 4.08. The lowest BCUT2D eigenvalue weighted by molar-refractivity contribution is 0.0692. The zero-order valence-corrected chi connectivity index (χ0v) is 16.9. The molecule has 0 bridgehead atoms. The van der Waals surface area contributed by atoms with Crippen molar-refractivity contribution in [3.63, 3.8) is 0 Å². The quantitative estimate of drug-likeness (QED) is 0.582. The zero-order chi connectivity index (χ0) is 20.3. The molecule has 2 rings (SSSR count). The molecule has 0 aromatic heterocycles. The molecule has 0 unspecified atom stereocenters. The highest BCUT2D eigenvalue weighted by atomic mass is 16.5. The second-order valence-electron chi connectivity index (χ2n) is 7.48. The van der Waals surface area contributed by atoms with Gasteiger partial charge >= 0.3 is 5.97 Å². The largest absolute Gasteiger partial charge is 0.508 e. The maximum Gasteiger partial charge on any atom is 0.339 e. The highest BCUT2D eigenvalue weighted by Crippen LogP contribution is 2.29. The molecule has 4 heteroatoms. The fraction of sp³-hybridized carbons (Fsp3) is 0.435. The number of hydrogen-bond acceptors (Lipinski definition) is 3. The van der Waals surface area contributed by atoms with Gasteiger partial charge in [0.05, 0.1) is 6.61 Å². The van der Waals surface area contributed by atoms with Gasteiger partial charge in [-0.05, 0) is 35.6 Å². The number of benzene rings is 2. The number of aromatic carboxylic acids is 1. The maximum absolute atomic E-state index is 10.9. The van der Waals surface area contributed by atoms with Gasteiger partial charge in [-0.3, -0.25) is 0 Å². The first-order valence-corrected chi connectivity index (χ1v) is 9.51. The van der Waals surface area contributed by atoms with E-state index in [-0.39, 0.29) is 11.0 Å². The SMILES string of the molecule is CC(C)(C)c1ccccc1O.CCCCCCOc1ccccc1C(=O)O. The number of rotatable bonds is 7. The Hall–Kier alpha value is -2.49. The van der Waals surface area contributed by atoms with Crippen molar-refractivity contribution in [1.29, 1.82) is 0 Å². The van der Waals surface area contributed by atoms with Crippen LogP contribution >= 0.6 is 0 Å². The molecule has 0 aliphatic carbocycles. The lowest BCUT2D eigenvalue weighted by Gasteiger charge is -2.19. The van der Waals surface area contributed by atoms with E-state index in [1.165, 1.54) is 12.8 Å². The van der Waals surface area contributed by atoms with Crippen molar-refractivity contribution in [1.82, 2.24) is 0 Å². The molecule has 4 nitrogen and oxygen atoms in total. The fourth-order valence-corrected chi connectivity index (χ4v) is 2.59. The number of aromatic hydroxyl groups is 1. The summed E-state index contributed by atoms with van der Waals surface area (Å²) in [7, 11) is 0. The number of carboxylic acid groups (broad SMARTS) is 1. The molecule has 0 heterocycles. The van der Waals surface area contributed by atoms with Crippen LogP contribution in [0.3, 0.4) is 0 Å². The summed E-state index contributed by atoms with van der Waals surface area (Å²) in [6.45, 7) is 9.00. The van der Waals surface area contributed by atoms with Gasteiger partial charge < -0.3 is 14.9 Å². The van der Waals surface area contributed by atoms with E-state index in [9.17, 15) is 9.90 Å². The van der Waals surface area contributed by atoms with Gasteiger partial charge in [0.1, 0.15) is 17.1 Å². The van der Waals surface area contributed by atoms with Crippen molar-refractivity contribution in [2.45, 2.75) is 58.8 Å².